The summed E-state index contributed by atoms with van der Waals surface area (Å²) in [5.41, 5.74) is 0. The number of aliphatic carboxylic acids is 2. The van der Waals surface area contributed by atoms with Crippen molar-refractivity contribution in [3.63, 3.8) is 0 Å². The Morgan fingerprint density at radius 2 is 1.40 bits per heavy atom. The van der Waals surface area contributed by atoms with E-state index in [0.717, 1.165) is 26.1 Å². The van der Waals surface area contributed by atoms with Gasteiger partial charge in [0.2, 0.25) is 0 Å². The first-order chi connectivity index (χ1) is 7.02. The van der Waals surface area contributed by atoms with Crippen LogP contribution in [0.4, 0.5) is 0 Å². The average molecular weight is 394 g/mol. The summed E-state index contributed by atoms with van der Waals surface area (Å²) >= 11 is 0.810. The van der Waals surface area contributed by atoms with Gasteiger partial charge < -0.3 is 19.8 Å². The summed E-state index contributed by atoms with van der Waals surface area (Å²) in [5.74, 6) is -2.73. The fourth-order valence-electron chi connectivity index (χ4n) is 0.682. The van der Waals surface area contributed by atoms with Gasteiger partial charge in [-0.3, -0.25) is 0 Å². The second-order valence-electron chi connectivity index (χ2n) is 2.73. The molecular weight excluding hydrogens is 385 g/mol. The van der Waals surface area contributed by atoms with Crippen molar-refractivity contribution in [2.75, 3.05) is 0 Å². The van der Waals surface area contributed by atoms with Gasteiger partial charge in [0.1, 0.15) is 0 Å². The molecule has 1 aromatic carbocycles. The molecule has 0 heterocycles. The summed E-state index contributed by atoms with van der Waals surface area (Å²) in [5, 5.41) is 19.0. The Labute approximate surface area is 104 Å². The molecule has 0 saturated carbocycles. The van der Waals surface area contributed by atoms with Crippen molar-refractivity contribution in [1.29, 1.82) is 0 Å². The second-order valence-corrected chi connectivity index (χ2v) is 5.90. The van der Waals surface area contributed by atoms with Crippen LogP contribution in [0.2, 0.25) is 0 Å². The topological polar surface area (TPSA) is 80.3 Å². The van der Waals surface area contributed by atoms with Gasteiger partial charge in [-0.1, -0.05) is 0 Å². The Morgan fingerprint density at radius 3 is 1.60 bits per heavy atom. The maximum absolute atomic E-state index is 9.50. The Kier molecular flexibility index (Phi) is 7.90. The summed E-state index contributed by atoms with van der Waals surface area (Å²) < 4.78 is 1.52. The third-order valence-electron chi connectivity index (χ3n) is 1.38. The number of benzene rings is 1. The van der Waals surface area contributed by atoms with Crippen LogP contribution in [0.25, 0.3) is 0 Å². The summed E-state index contributed by atoms with van der Waals surface area (Å²) in [6.45, 7) is 0. The zero-order chi connectivity index (χ0) is 11.7. The van der Waals surface area contributed by atoms with E-state index in [4.69, 9.17) is 0 Å². The predicted octanol–water partition coefficient (Wildman–Crippen LogP) is -1.87. The SMILES string of the molecule is O=C([O-])CCC(=O)[O-].[Hg+2][c]1ccccc1. The van der Waals surface area contributed by atoms with Crippen LogP contribution in [-0.4, -0.2) is 11.9 Å². The molecule has 15 heavy (non-hydrogen) atoms. The van der Waals surface area contributed by atoms with Crippen molar-refractivity contribution < 1.29 is 45.9 Å². The van der Waals surface area contributed by atoms with Crippen LogP contribution in [-0.2, 0) is 35.7 Å². The van der Waals surface area contributed by atoms with Gasteiger partial charge in [-0.05, 0) is 12.8 Å². The second kappa shape index (κ2) is 8.41. The summed E-state index contributed by atoms with van der Waals surface area (Å²) in [6, 6.07) is 10.6. The van der Waals surface area contributed by atoms with Crippen LogP contribution in [0.1, 0.15) is 12.8 Å². The molecule has 0 aliphatic carbocycles. The first-order valence-corrected chi connectivity index (χ1v) is 7.04. The van der Waals surface area contributed by atoms with Crippen LogP contribution in [0, 0.1) is 0 Å². The van der Waals surface area contributed by atoms with Crippen molar-refractivity contribution in [3.05, 3.63) is 30.3 Å². The minimum atomic E-state index is -1.37. The monoisotopic (exact) mass is 395 g/mol. The Balaban J connectivity index is 0.000000262. The standard InChI is InChI=1S/C6H5.C4H6O4.Hg/c1-2-4-6-5-3-1;5-3(6)1-2-4(7)8;/h1-5H;1-2H2,(H,5,6)(H,7,8);/q;;+2/p-2. The van der Waals surface area contributed by atoms with E-state index >= 15 is 0 Å². The van der Waals surface area contributed by atoms with Crippen molar-refractivity contribution in [2.24, 2.45) is 0 Å². The van der Waals surface area contributed by atoms with Gasteiger partial charge in [0.25, 0.3) is 0 Å². The maximum atomic E-state index is 9.50. The molecule has 1 aromatic rings. The molecule has 0 aromatic heterocycles. The number of carboxylic acid groups (broad SMARTS) is 2. The van der Waals surface area contributed by atoms with E-state index in [1.54, 1.807) is 0 Å². The zero-order valence-corrected chi connectivity index (χ0v) is 13.6. The molecule has 0 N–H and O–H groups in total. The fraction of sp³-hybridized carbons (Fsp3) is 0.200. The Bertz CT molecular complexity index is 296. The van der Waals surface area contributed by atoms with E-state index < -0.39 is 24.8 Å². The first kappa shape index (κ1) is 14.1. The number of carboxylic acids is 2. The number of hydrogen-bond donors (Lipinski definition) is 0. The first-order valence-electron chi connectivity index (χ1n) is 4.29. The van der Waals surface area contributed by atoms with Crippen molar-refractivity contribution in [3.8, 4) is 0 Å². The number of hydrogen-bond acceptors (Lipinski definition) is 4. The normalized spacial score (nSPS) is 8.67. The van der Waals surface area contributed by atoms with E-state index in [2.05, 4.69) is 30.3 Å². The Morgan fingerprint density at radius 1 is 1.00 bits per heavy atom. The molecule has 0 spiro atoms. The van der Waals surface area contributed by atoms with E-state index in [1.165, 1.54) is 3.07 Å². The molecule has 0 fully saturated rings. The number of carbonyl (C=O) groups excluding carboxylic acids is 2. The van der Waals surface area contributed by atoms with Crippen molar-refractivity contribution in [2.45, 2.75) is 12.8 Å². The van der Waals surface area contributed by atoms with Gasteiger partial charge in [0, 0.05) is 11.9 Å². The molecule has 1 rings (SSSR count). The van der Waals surface area contributed by atoms with Gasteiger partial charge in [0.05, 0.1) is 0 Å². The van der Waals surface area contributed by atoms with Crippen molar-refractivity contribution >= 4 is 15.0 Å². The third-order valence-corrected chi connectivity index (χ3v) is 3.21. The van der Waals surface area contributed by atoms with Crippen LogP contribution >= 0.6 is 0 Å². The van der Waals surface area contributed by atoms with Gasteiger partial charge in [-0.25, -0.2) is 0 Å². The summed E-state index contributed by atoms with van der Waals surface area (Å²) in [6.07, 6.45) is -0.940. The minimum absolute atomic E-state index is 0.470. The predicted molar refractivity (Wildman–Crippen MR) is 45.3 cm³/mol. The number of carbonyl (C=O) groups is 2. The molecule has 75 valence electrons. The van der Waals surface area contributed by atoms with E-state index in [1.807, 2.05) is 0 Å². The molecule has 0 amide bonds. The average Bonchev–Trinajstić information content (AvgIpc) is 2.17. The quantitative estimate of drug-likeness (QED) is 0.563. The molecule has 0 aliphatic rings. The molecule has 5 heteroatoms. The van der Waals surface area contributed by atoms with Crippen LogP contribution in [0.3, 0.4) is 0 Å². The van der Waals surface area contributed by atoms with E-state index in [0.29, 0.717) is 0 Å². The molecule has 0 radical (unpaired) electrons. The molecule has 0 bridgehead atoms. The molecule has 0 unspecified atom stereocenters. The summed E-state index contributed by atoms with van der Waals surface area (Å²) in [7, 11) is 0. The fourth-order valence-corrected chi connectivity index (χ4v) is 1.74. The van der Waals surface area contributed by atoms with Crippen LogP contribution in [0.15, 0.2) is 30.3 Å². The van der Waals surface area contributed by atoms with Crippen LogP contribution in [0.5, 0.6) is 0 Å². The molecule has 4 nitrogen and oxygen atoms in total. The van der Waals surface area contributed by atoms with E-state index in [9.17, 15) is 19.8 Å². The molecular formula is C10H9HgO4. The van der Waals surface area contributed by atoms with Gasteiger partial charge in [-0.15, -0.1) is 0 Å². The zero-order valence-electron chi connectivity index (χ0n) is 8.14. The number of rotatable bonds is 3. The molecule has 0 saturated heterocycles. The molecule has 0 aliphatic heterocycles. The van der Waals surface area contributed by atoms with E-state index in [-0.39, 0.29) is 0 Å². The van der Waals surface area contributed by atoms with Crippen molar-refractivity contribution in [1.82, 2.24) is 0 Å². The Hall–Kier alpha value is -0.905. The van der Waals surface area contributed by atoms with Crippen LogP contribution < -0.4 is 13.3 Å². The van der Waals surface area contributed by atoms with Gasteiger partial charge in [0.15, 0.2) is 0 Å². The van der Waals surface area contributed by atoms with Gasteiger partial charge in [-0.2, -0.15) is 0 Å². The molecule has 0 atom stereocenters. The van der Waals surface area contributed by atoms with Gasteiger partial charge >= 0.3 is 59.5 Å². The summed E-state index contributed by atoms with van der Waals surface area (Å²) in [4.78, 5) is 19.0. The third kappa shape index (κ3) is 11.0.